The van der Waals surface area contributed by atoms with E-state index in [9.17, 15) is 9.90 Å². The lowest BCUT2D eigenvalue weighted by atomic mass is 9.79. The first-order valence-electron chi connectivity index (χ1n) is 10.0. The Morgan fingerprint density at radius 2 is 1.69 bits per heavy atom. The Bertz CT molecular complexity index is 971. The summed E-state index contributed by atoms with van der Waals surface area (Å²) in [6.07, 6.45) is 5.30. The summed E-state index contributed by atoms with van der Waals surface area (Å²) >= 11 is 5.69. The molecule has 150 valence electrons. The largest absolute Gasteiger partial charge is 0.545 e. The first kappa shape index (κ1) is 19.6. The molecule has 1 aliphatic carbocycles. The Balaban J connectivity index is 1.74. The van der Waals surface area contributed by atoms with Crippen LogP contribution in [0.2, 0.25) is 0 Å². The van der Waals surface area contributed by atoms with Gasteiger partial charge in [-0.15, -0.1) is 0 Å². The third-order valence-corrected chi connectivity index (χ3v) is 6.31. The molecular weight excluding hydrogens is 382 g/mol. The van der Waals surface area contributed by atoms with Crippen molar-refractivity contribution < 1.29 is 9.90 Å². The second-order valence-corrected chi connectivity index (χ2v) is 8.26. The second-order valence-electron chi connectivity index (χ2n) is 7.90. The number of aromatic carboxylic acids is 1. The van der Waals surface area contributed by atoms with Gasteiger partial charge in [0.1, 0.15) is 11.4 Å². The van der Waals surface area contributed by atoms with Crippen LogP contribution < -0.4 is 15.3 Å². The van der Waals surface area contributed by atoms with E-state index in [1.165, 1.54) is 17.5 Å². The van der Waals surface area contributed by atoms with E-state index in [4.69, 9.17) is 17.2 Å². The zero-order valence-corrected chi connectivity index (χ0v) is 17.5. The van der Waals surface area contributed by atoms with Crippen LogP contribution in [0, 0.1) is 13.8 Å². The first-order chi connectivity index (χ1) is 13.9. The molecule has 2 aromatic carbocycles. The number of carbonyl (C=O) groups is 1. The number of thiocarbonyl (C=S) groups is 1. The fraction of sp³-hybridized carbons (Fsp3) is 0.348. The van der Waals surface area contributed by atoms with Crippen LogP contribution >= 0.6 is 12.2 Å². The summed E-state index contributed by atoms with van der Waals surface area (Å²) in [5.74, 6) is -0.287. The second kappa shape index (κ2) is 7.59. The molecule has 6 heteroatoms. The van der Waals surface area contributed by atoms with Crippen LogP contribution in [0.25, 0.3) is 0 Å². The van der Waals surface area contributed by atoms with Crippen molar-refractivity contribution in [2.45, 2.75) is 51.5 Å². The normalized spacial score (nSPS) is 18.1. The van der Waals surface area contributed by atoms with Crippen LogP contribution in [0.15, 0.2) is 47.5 Å². The molecule has 1 N–H and O–H groups in total. The number of anilines is 2. The minimum absolute atomic E-state index is 0.159. The molecule has 1 spiro atoms. The lowest BCUT2D eigenvalue weighted by molar-refractivity contribution is -0.255. The van der Waals surface area contributed by atoms with Gasteiger partial charge in [-0.2, -0.15) is 0 Å². The minimum atomic E-state index is -1.18. The monoisotopic (exact) mass is 406 g/mol. The third kappa shape index (κ3) is 3.42. The van der Waals surface area contributed by atoms with Crippen LogP contribution in [0.1, 0.15) is 53.6 Å². The molecule has 0 radical (unpaired) electrons. The van der Waals surface area contributed by atoms with Crippen LogP contribution in [-0.4, -0.2) is 22.5 Å². The van der Waals surface area contributed by atoms with E-state index < -0.39 is 5.97 Å². The number of nitrogens with one attached hydrogen (secondary N) is 1. The molecule has 1 fully saturated rings. The standard InChI is InChI=1S/C23H25N3O2S/c1-15-7-6-8-16(2)19(15)24-21-23(13-4-3-5-14-23)26(22(29)25-21)18-11-9-17(10-12-18)20(27)28/h6-12H,3-5,13-14H2,1-2H3,(H,27,28)(H,24,25,29)/p-1. The number of carbonyl (C=O) groups excluding carboxylic acids is 1. The summed E-state index contributed by atoms with van der Waals surface area (Å²) in [6.45, 7) is 4.18. The van der Waals surface area contributed by atoms with Crippen LogP contribution in [-0.2, 0) is 0 Å². The first-order valence-corrected chi connectivity index (χ1v) is 10.4. The van der Waals surface area contributed by atoms with Gasteiger partial charge in [0.25, 0.3) is 0 Å². The van der Waals surface area contributed by atoms with Gasteiger partial charge in [-0.25, -0.2) is 4.99 Å². The number of aryl methyl sites for hydroxylation is 2. The van der Waals surface area contributed by atoms with E-state index in [-0.39, 0.29) is 11.1 Å². The average Bonchev–Trinajstić information content (AvgIpc) is 2.96. The highest BCUT2D eigenvalue weighted by Gasteiger charge is 2.49. The fourth-order valence-electron chi connectivity index (χ4n) is 4.51. The third-order valence-electron chi connectivity index (χ3n) is 6.03. The van der Waals surface area contributed by atoms with E-state index >= 15 is 0 Å². The SMILES string of the molecule is Cc1cccc(C)c1NC1=NC(=S)N(c2ccc(C(=O)[O-])cc2)C12CCCCC2. The number of para-hydroxylation sites is 1. The predicted molar refractivity (Wildman–Crippen MR) is 119 cm³/mol. The van der Waals surface area contributed by atoms with Gasteiger partial charge >= 0.3 is 0 Å². The Kier molecular flexibility index (Phi) is 5.13. The molecule has 0 amide bonds. The fourth-order valence-corrected chi connectivity index (χ4v) is 4.89. The maximum atomic E-state index is 11.1. The van der Waals surface area contributed by atoms with Crippen molar-refractivity contribution in [3.63, 3.8) is 0 Å². The lowest BCUT2D eigenvalue weighted by Crippen LogP contribution is -2.55. The molecule has 5 nitrogen and oxygen atoms in total. The zero-order valence-electron chi connectivity index (χ0n) is 16.7. The van der Waals surface area contributed by atoms with Crippen molar-refractivity contribution in [3.05, 3.63) is 59.2 Å². The van der Waals surface area contributed by atoms with E-state index in [0.29, 0.717) is 5.11 Å². The van der Waals surface area contributed by atoms with Gasteiger partial charge in [0.15, 0.2) is 0 Å². The highest BCUT2D eigenvalue weighted by Crippen LogP contribution is 2.42. The molecule has 2 aliphatic rings. The minimum Gasteiger partial charge on any atom is -0.545 e. The molecule has 1 heterocycles. The van der Waals surface area contributed by atoms with E-state index in [1.54, 1.807) is 24.3 Å². The Labute approximate surface area is 176 Å². The van der Waals surface area contributed by atoms with Crippen molar-refractivity contribution in [1.29, 1.82) is 0 Å². The number of amidine groups is 1. The Morgan fingerprint density at radius 3 is 2.28 bits per heavy atom. The van der Waals surface area contributed by atoms with Gasteiger partial charge in [-0.05, 0) is 67.7 Å². The van der Waals surface area contributed by atoms with Crippen LogP contribution in [0.3, 0.4) is 0 Å². The number of hydrogen-bond acceptors (Lipinski definition) is 4. The number of nitrogens with zero attached hydrogens (tertiary/aromatic N) is 2. The average molecular weight is 407 g/mol. The van der Waals surface area contributed by atoms with Gasteiger partial charge in [0.05, 0.1) is 5.97 Å². The number of carboxylic acids is 1. The van der Waals surface area contributed by atoms with E-state index in [1.807, 2.05) is 0 Å². The van der Waals surface area contributed by atoms with Crippen molar-refractivity contribution in [1.82, 2.24) is 0 Å². The summed E-state index contributed by atoms with van der Waals surface area (Å²) in [5, 5.41) is 15.3. The summed E-state index contributed by atoms with van der Waals surface area (Å²) in [6, 6.07) is 13.0. The molecule has 0 bridgehead atoms. The Morgan fingerprint density at radius 1 is 1.07 bits per heavy atom. The molecule has 29 heavy (non-hydrogen) atoms. The molecular formula is C23H24N3O2S-. The topological polar surface area (TPSA) is 67.8 Å². The molecule has 2 aromatic rings. The lowest BCUT2D eigenvalue weighted by Gasteiger charge is -2.43. The molecule has 1 saturated carbocycles. The summed E-state index contributed by atoms with van der Waals surface area (Å²) in [4.78, 5) is 18.0. The Hall–Kier alpha value is -2.73. The number of hydrogen-bond donors (Lipinski definition) is 1. The molecule has 1 aliphatic heterocycles. The summed E-state index contributed by atoms with van der Waals surface area (Å²) in [5.41, 5.74) is 4.11. The van der Waals surface area contributed by atoms with Gasteiger partial charge in [-0.3, -0.25) is 0 Å². The van der Waals surface area contributed by atoms with Crippen molar-refractivity contribution in [2.75, 3.05) is 10.2 Å². The van der Waals surface area contributed by atoms with Crippen molar-refractivity contribution in [3.8, 4) is 0 Å². The van der Waals surface area contributed by atoms with Gasteiger partial charge in [0.2, 0.25) is 5.11 Å². The quantitative estimate of drug-likeness (QED) is 0.781. The van der Waals surface area contributed by atoms with Gasteiger partial charge in [0, 0.05) is 11.4 Å². The van der Waals surface area contributed by atoms with Gasteiger partial charge in [-0.1, -0.05) is 49.6 Å². The van der Waals surface area contributed by atoms with E-state index in [2.05, 4.69) is 42.3 Å². The van der Waals surface area contributed by atoms with Crippen molar-refractivity contribution >= 4 is 40.5 Å². The molecule has 0 aromatic heterocycles. The highest BCUT2D eigenvalue weighted by atomic mass is 32.1. The summed E-state index contributed by atoms with van der Waals surface area (Å²) in [7, 11) is 0. The number of rotatable bonds is 3. The number of benzene rings is 2. The van der Waals surface area contributed by atoms with Crippen LogP contribution in [0.4, 0.5) is 11.4 Å². The maximum Gasteiger partial charge on any atom is 0.202 e. The van der Waals surface area contributed by atoms with Crippen LogP contribution in [0.5, 0.6) is 0 Å². The molecule has 0 saturated heterocycles. The maximum absolute atomic E-state index is 11.1. The van der Waals surface area contributed by atoms with E-state index in [0.717, 1.165) is 42.9 Å². The molecule has 0 atom stereocenters. The predicted octanol–water partition coefficient (Wildman–Crippen LogP) is 3.99. The number of aliphatic imine (C=N–C) groups is 1. The van der Waals surface area contributed by atoms with Gasteiger partial charge < -0.3 is 20.1 Å². The van der Waals surface area contributed by atoms with Crippen molar-refractivity contribution in [2.24, 2.45) is 4.99 Å². The number of carboxylic acid groups (broad SMARTS) is 1. The zero-order chi connectivity index (χ0) is 20.6. The summed E-state index contributed by atoms with van der Waals surface area (Å²) < 4.78 is 0. The molecule has 0 unspecified atom stereocenters. The molecule has 4 rings (SSSR count). The highest BCUT2D eigenvalue weighted by molar-refractivity contribution is 7.80. The smallest absolute Gasteiger partial charge is 0.202 e.